The fraction of sp³-hybridized carbons (Fsp3) is 1.00. The van der Waals surface area contributed by atoms with Gasteiger partial charge in [0.2, 0.25) is 0 Å². The van der Waals surface area contributed by atoms with Crippen LogP contribution in [0.25, 0.3) is 0 Å². The Morgan fingerprint density at radius 3 is 2.38 bits per heavy atom. The first-order chi connectivity index (χ1) is 7.92. The normalized spacial score (nSPS) is 39.4. The number of thioether (sulfide) groups is 4. The zero-order valence-corrected chi connectivity index (χ0v) is 12.9. The highest BCUT2D eigenvalue weighted by Gasteiger charge is 2.32. The van der Waals surface area contributed by atoms with Gasteiger partial charge < -0.3 is 0 Å². The molecule has 0 spiro atoms. The van der Waals surface area contributed by atoms with Gasteiger partial charge in [-0.3, -0.25) is 0 Å². The van der Waals surface area contributed by atoms with E-state index in [0.717, 1.165) is 21.0 Å². The van der Waals surface area contributed by atoms with Gasteiger partial charge in [0.15, 0.2) is 0 Å². The molecule has 1 aliphatic carbocycles. The molecule has 0 aromatic carbocycles. The van der Waals surface area contributed by atoms with Gasteiger partial charge >= 0.3 is 0 Å². The lowest BCUT2D eigenvalue weighted by molar-refractivity contribution is 0.527. The summed E-state index contributed by atoms with van der Waals surface area (Å²) < 4.78 is 0. The maximum absolute atomic E-state index is 2.34. The minimum atomic E-state index is 0.991. The Morgan fingerprint density at radius 2 is 1.75 bits per heavy atom. The van der Waals surface area contributed by atoms with Crippen LogP contribution in [-0.4, -0.2) is 44.0 Å². The van der Waals surface area contributed by atoms with Crippen molar-refractivity contribution < 1.29 is 0 Å². The fourth-order valence-electron chi connectivity index (χ4n) is 2.34. The van der Waals surface area contributed by atoms with E-state index in [1.807, 2.05) is 0 Å². The molecule has 3 fully saturated rings. The van der Waals surface area contributed by atoms with Crippen LogP contribution in [0.2, 0.25) is 0 Å². The smallest absolute Gasteiger partial charge is 0.0231 e. The van der Waals surface area contributed by atoms with Crippen LogP contribution < -0.4 is 0 Å². The monoisotopic (exact) mass is 292 g/mol. The van der Waals surface area contributed by atoms with Crippen LogP contribution in [0.3, 0.4) is 0 Å². The Labute approximate surface area is 116 Å². The summed E-state index contributed by atoms with van der Waals surface area (Å²) in [6, 6.07) is 0. The van der Waals surface area contributed by atoms with Gasteiger partial charge in [-0.25, -0.2) is 0 Å². The third-order valence-electron chi connectivity index (χ3n) is 3.52. The van der Waals surface area contributed by atoms with Gasteiger partial charge in [-0.1, -0.05) is 12.8 Å². The molecule has 16 heavy (non-hydrogen) atoms. The first-order valence-corrected chi connectivity index (χ1v) is 10.6. The topological polar surface area (TPSA) is 0 Å². The summed E-state index contributed by atoms with van der Waals surface area (Å²) in [5.41, 5.74) is 0. The second-order valence-corrected chi connectivity index (χ2v) is 10.2. The SMILES string of the molecule is C1CCC(SC2CSC2)C(SCC2CS2)C1. The van der Waals surface area contributed by atoms with Crippen LogP contribution in [0, 0.1) is 0 Å². The summed E-state index contributed by atoms with van der Waals surface area (Å²) in [7, 11) is 0. The molecule has 3 aliphatic rings. The van der Waals surface area contributed by atoms with Crippen LogP contribution in [0.1, 0.15) is 25.7 Å². The maximum atomic E-state index is 2.34. The van der Waals surface area contributed by atoms with E-state index >= 15 is 0 Å². The van der Waals surface area contributed by atoms with Crippen LogP contribution in [-0.2, 0) is 0 Å². The van der Waals surface area contributed by atoms with E-state index in [4.69, 9.17) is 0 Å². The van der Waals surface area contributed by atoms with E-state index in [0.29, 0.717) is 0 Å². The molecule has 0 bridgehead atoms. The van der Waals surface area contributed by atoms with E-state index < -0.39 is 0 Å². The van der Waals surface area contributed by atoms with Crippen LogP contribution in [0.15, 0.2) is 0 Å². The maximum Gasteiger partial charge on any atom is 0.0231 e. The lowest BCUT2D eigenvalue weighted by atomic mass is 10.00. The van der Waals surface area contributed by atoms with Gasteiger partial charge in [-0.05, 0) is 12.8 Å². The molecule has 92 valence electrons. The third kappa shape index (κ3) is 3.46. The lowest BCUT2D eigenvalue weighted by Crippen LogP contribution is -2.31. The number of hydrogen-bond acceptors (Lipinski definition) is 4. The van der Waals surface area contributed by atoms with E-state index in [2.05, 4.69) is 47.0 Å². The van der Waals surface area contributed by atoms with Gasteiger partial charge in [0.1, 0.15) is 0 Å². The molecule has 3 rings (SSSR count). The molecule has 3 unspecified atom stereocenters. The lowest BCUT2D eigenvalue weighted by Gasteiger charge is -2.35. The Kier molecular flexibility index (Phi) is 4.69. The van der Waals surface area contributed by atoms with E-state index in [1.165, 1.54) is 48.7 Å². The Bertz CT molecular complexity index is 225. The van der Waals surface area contributed by atoms with Crippen molar-refractivity contribution in [3.05, 3.63) is 0 Å². The van der Waals surface area contributed by atoms with Crippen molar-refractivity contribution in [1.82, 2.24) is 0 Å². The quantitative estimate of drug-likeness (QED) is 0.702. The molecule has 2 saturated heterocycles. The predicted octanol–water partition coefficient (Wildman–Crippen LogP) is 3.99. The minimum Gasteiger partial charge on any atom is -0.160 e. The van der Waals surface area contributed by atoms with E-state index in [1.54, 1.807) is 0 Å². The van der Waals surface area contributed by atoms with Crippen molar-refractivity contribution >= 4 is 47.0 Å². The second-order valence-electron chi connectivity index (χ2n) is 4.95. The molecule has 0 amide bonds. The number of rotatable bonds is 5. The van der Waals surface area contributed by atoms with E-state index in [9.17, 15) is 0 Å². The van der Waals surface area contributed by atoms with Gasteiger partial charge in [-0.2, -0.15) is 47.0 Å². The van der Waals surface area contributed by atoms with Gasteiger partial charge in [-0.15, -0.1) is 0 Å². The van der Waals surface area contributed by atoms with Crippen molar-refractivity contribution in [1.29, 1.82) is 0 Å². The molecule has 2 heterocycles. The standard InChI is InChI=1S/C12H20S4/c1-2-4-12(16-10-5-13-6-10)11(3-1)15-8-9-7-14-9/h9-12H,1-8H2. The van der Waals surface area contributed by atoms with Crippen molar-refractivity contribution in [2.24, 2.45) is 0 Å². The Hall–Kier alpha value is 1.40. The summed E-state index contributed by atoms with van der Waals surface area (Å²) in [5, 5.41) is 4.02. The van der Waals surface area contributed by atoms with Gasteiger partial charge in [0.25, 0.3) is 0 Å². The Morgan fingerprint density at radius 1 is 1.00 bits per heavy atom. The molecule has 1 saturated carbocycles. The second kappa shape index (κ2) is 6.03. The molecule has 0 N–H and O–H groups in total. The zero-order valence-electron chi connectivity index (χ0n) is 9.60. The highest BCUT2D eigenvalue weighted by Crippen LogP contribution is 2.43. The largest absolute Gasteiger partial charge is 0.160 e. The number of hydrogen-bond donors (Lipinski definition) is 0. The average molecular weight is 293 g/mol. The van der Waals surface area contributed by atoms with Crippen molar-refractivity contribution in [2.45, 2.75) is 46.7 Å². The summed E-state index contributed by atoms with van der Waals surface area (Å²) in [4.78, 5) is 0. The molecule has 2 aliphatic heterocycles. The fourth-order valence-corrected chi connectivity index (χ4v) is 7.80. The van der Waals surface area contributed by atoms with Gasteiger partial charge in [0.05, 0.1) is 0 Å². The summed E-state index contributed by atoms with van der Waals surface area (Å²) in [5.74, 6) is 5.73. The summed E-state index contributed by atoms with van der Waals surface area (Å²) >= 11 is 8.93. The minimum absolute atomic E-state index is 0.991. The summed E-state index contributed by atoms with van der Waals surface area (Å²) in [6.07, 6.45) is 5.99. The van der Waals surface area contributed by atoms with Gasteiger partial charge in [0, 0.05) is 44.0 Å². The first-order valence-electron chi connectivity index (χ1n) is 6.38. The molecule has 0 nitrogen and oxygen atoms in total. The average Bonchev–Trinajstić information content (AvgIpc) is 3.05. The zero-order chi connectivity index (χ0) is 10.8. The molecule has 0 radical (unpaired) electrons. The summed E-state index contributed by atoms with van der Waals surface area (Å²) in [6.45, 7) is 0. The first kappa shape index (κ1) is 12.4. The third-order valence-corrected chi connectivity index (χ3v) is 9.79. The molecule has 3 atom stereocenters. The molecule has 4 heteroatoms. The van der Waals surface area contributed by atoms with Crippen molar-refractivity contribution in [3.63, 3.8) is 0 Å². The molecular formula is C12H20S4. The van der Waals surface area contributed by atoms with Crippen LogP contribution in [0.4, 0.5) is 0 Å². The van der Waals surface area contributed by atoms with Crippen LogP contribution in [0.5, 0.6) is 0 Å². The van der Waals surface area contributed by atoms with Crippen molar-refractivity contribution in [3.8, 4) is 0 Å². The highest BCUT2D eigenvalue weighted by molar-refractivity contribution is 8.10. The highest BCUT2D eigenvalue weighted by atomic mass is 32.2. The predicted molar refractivity (Wildman–Crippen MR) is 83.5 cm³/mol. The molecule has 0 aromatic rings. The van der Waals surface area contributed by atoms with Crippen LogP contribution >= 0.6 is 47.0 Å². The Balaban J connectivity index is 1.46. The molecule has 0 aromatic heterocycles. The van der Waals surface area contributed by atoms with E-state index in [-0.39, 0.29) is 0 Å². The molecular weight excluding hydrogens is 272 g/mol. The van der Waals surface area contributed by atoms with Crippen molar-refractivity contribution in [2.75, 3.05) is 23.0 Å².